The molecular weight excluding hydrogens is 418 g/mol. The van der Waals surface area contributed by atoms with Crippen LogP contribution in [0, 0.1) is 12.3 Å². The number of aliphatic hydroxyl groups excluding tert-OH is 1. The Hall–Kier alpha value is -1.85. The molecular formula is C27H39NO3S. The van der Waals surface area contributed by atoms with Gasteiger partial charge in [-0.25, -0.2) is 8.42 Å². The van der Waals surface area contributed by atoms with Crippen LogP contribution in [0.25, 0.3) is 0 Å². The quantitative estimate of drug-likeness (QED) is 0.552. The van der Waals surface area contributed by atoms with Crippen LogP contribution in [-0.2, 0) is 9.84 Å². The third kappa shape index (κ3) is 4.89. The molecule has 1 heterocycles. The van der Waals surface area contributed by atoms with Crippen molar-refractivity contribution in [1.29, 1.82) is 0 Å². The minimum atomic E-state index is -3.55. The number of aliphatic hydroxyl groups is 1. The maximum atomic E-state index is 13.8. The van der Waals surface area contributed by atoms with Crippen molar-refractivity contribution in [3.8, 4) is 0 Å². The Bertz CT molecular complexity index is 1020. The number of rotatable bonds is 8. The zero-order valence-corrected chi connectivity index (χ0v) is 21.1. The van der Waals surface area contributed by atoms with Crippen LogP contribution in [0.2, 0.25) is 0 Å². The summed E-state index contributed by atoms with van der Waals surface area (Å²) >= 11 is 0. The first-order valence-electron chi connectivity index (χ1n) is 11.9. The number of anilines is 1. The summed E-state index contributed by atoms with van der Waals surface area (Å²) in [5.74, 6) is -0.367. The van der Waals surface area contributed by atoms with Crippen molar-refractivity contribution in [1.82, 2.24) is 0 Å². The summed E-state index contributed by atoms with van der Waals surface area (Å²) in [5, 5.41) is 12.1. The molecule has 3 rings (SSSR count). The van der Waals surface area contributed by atoms with Gasteiger partial charge in [-0.1, -0.05) is 69.4 Å². The van der Waals surface area contributed by atoms with E-state index in [-0.39, 0.29) is 11.7 Å². The zero-order chi connectivity index (χ0) is 23.5. The van der Waals surface area contributed by atoms with Gasteiger partial charge in [-0.2, -0.15) is 0 Å². The lowest BCUT2D eigenvalue weighted by atomic mass is 9.68. The van der Waals surface area contributed by atoms with Crippen molar-refractivity contribution in [3.05, 3.63) is 59.2 Å². The van der Waals surface area contributed by atoms with Crippen LogP contribution in [0.4, 0.5) is 5.69 Å². The molecule has 1 aliphatic heterocycles. The molecule has 1 unspecified atom stereocenters. The molecule has 2 aromatic carbocycles. The Morgan fingerprint density at radius 1 is 1.03 bits per heavy atom. The average molecular weight is 458 g/mol. The number of unbranched alkanes of at least 4 members (excludes halogenated alkanes) is 2. The fourth-order valence-electron chi connectivity index (χ4n) is 5.25. The van der Waals surface area contributed by atoms with Gasteiger partial charge in [0.05, 0.1) is 16.8 Å². The highest BCUT2D eigenvalue weighted by atomic mass is 32.2. The predicted molar refractivity (Wildman–Crippen MR) is 133 cm³/mol. The molecule has 0 fully saturated rings. The second-order valence-electron chi connectivity index (χ2n) is 9.78. The van der Waals surface area contributed by atoms with E-state index in [1.165, 1.54) is 0 Å². The Morgan fingerprint density at radius 2 is 1.69 bits per heavy atom. The summed E-state index contributed by atoms with van der Waals surface area (Å²) in [4.78, 5) is 2.36. The maximum absolute atomic E-state index is 13.8. The van der Waals surface area contributed by atoms with E-state index in [9.17, 15) is 13.5 Å². The van der Waals surface area contributed by atoms with Crippen LogP contribution in [0.5, 0.6) is 0 Å². The molecule has 0 amide bonds. The Balaban J connectivity index is 2.31. The first-order chi connectivity index (χ1) is 15.1. The number of hydrogen-bond donors (Lipinski definition) is 1. The molecule has 0 spiro atoms. The summed E-state index contributed by atoms with van der Waals surface area (Å²) in [6, 6.07) is 13.8. The van der Waals surface area contributed by atoms with Gasteiger partial charge in [0.25, 0.3) is 0 Å². The molecule has 1 N–H and O–H groups in total. The minimum absolute atomic E-state index is 0.0117. The van der Waals surface area contributed by atoms with Crippen molar-refractivity contribution in [2.75, 3.05) is 24.7 Å². The summed E-state index contributed by atoms with van der Waals surface area (Å²) in [6.45, 7) is 6.30. The standard InChI is InChI=1S/C27H39NO3S/c1-6-8-15-27(16-9-7-2)19-32(30,31)24-14-13-22(28(4)5)18-23(24)25(26(27)29)21-12-10-11-20(3)17-21/h10-14,17-18,25-26,29H,6-9,15-16,19H2,1-5H3/t25-,26?/m1/s1. The third-order valence-electron chi connectivity index (χ3n) is 7.06. The normalized spacial score (nSPS) is 21.6. The van der Waals surface area contributed by atoms with Crippen LogP contribution in [0.3, 0.4) is 0 Å². The van der Waals surface area contributed by atoms with Crippen LogP contribution in [0.15, 0.2) is 47.4 Å². The van der Waals surface area contributed by atoms with Crippen molar-refractivity contribution in [2.24, 2.45) is 5.41 Å². The van der Waals surface area contributed by atoms with Crippen LogP contribution < -0.4 is 4.90 Å². The minimum Gasteiger partial charge on any atom is -0.392 e. The number of aryl methyl sites for hydroxylation is 1. The van der Waals surface area contributed by atoms with E-state index in [4.69, 9.17) is 0 Å². The van der Waals surface area contributed by atoms with E-state index in [1.807, 2.05) is 56.3 Å². The molecule has 2 atom stereocenters. The Kier molecular flexibility index (Phi) is 7.72. The first kappa shape index (κ1) is 24.8. The average Bonchev–Trinajstić information content (AvgIpc) is 2.82. The second kappa shape index (κ2) is 9.96. The number of hydrogen-bond acceptors (Lipinski definition) is 4. The van der Waals surface area contributed by atoms with E-state index in [0.29, 0.717) is 4.90 Å². The highest BCUT2D eigenvalue weighted by Gasteiger charge is 2.49. The van der Waals surface area contributed by atoms with Gasteiger partial charge in [0, 0.05) is 31.1 Å². The van der Waals surface area contributed by atoms with E-state index in [1.54, 1.807) is 6.07 Å². The molecule has 0 aliphatic carbocycles. The largest absolute Gasteiger partial charge is 0.392 e. The number of sulfone groups is 1. The van der Waals surface area contributed by atoms with Crippen LogP contribution in [-0.4, -0.2) is 39.5 Å². The van der Waals surface area contributed by atoms with Gasteiger partial charge in [0.15, 0.2) is 9.84 Å². The maximum Gasteiger partial charge on any atom is 0.179 e. The lowest BCUT2D eigenvalue weighted by Crippen LogP contribution is -2.43. The van der Waals surface area contributed by atoms with Crippen molar-refractivity contribution in [2.45, 2.75) is 76.2 Å². The summed E-state index contributed by atoms with van der Waals surface area (Å²) in [5.41, 5.74) is 3.11. The van der Waals surface area contributed by atoms with Gasteiger partial charge in [0.2, 0.25) is 0 Å². The van der Waals surface area contributed by atoms with E-state index in [2.05, 4.69) is 19.9 Å². The third-order valence-corrected chi connectivity index (χ3v) is 9.06. The van der Waals surface area contributed by atoms with Gasteiger partial charge < -0.3 is 10.0 Å². The molecule has 0 saturated carbocycles. The number of fused-ring (bicyclic) bond motifs is 1. The number of nitrogens with zero attached hydrogens (tertiary/aromatic N) is 1. The lowest BCUT2D eigenvalue weighted by Gasteiger charge is -2.40. The SMILES string of the molecule is CCCCC1(CCCC)CS(=O)(=O)c2ccc(N(C)C)cc2[C@@H](c2cccc(C)c2)C1O. The second-order valence-corrected chi connectivity index (χ2v) is 11.7. The lowest BCUT2D eigenvalue weighted by molar-refractivity contribution is 0.0127. The monoisotopic (exact) mass is 457 g/mol. The van der Waals surface area contributed by atoms with Crippen molar-refractivity contribution in [3.63, 3.8) is 0 Å². The zero-order valence-electron chi connectivity index (χ0n) is 20.3. The van der Waals surface area contributed by atoms with E-state index >= 15 is 0 Å². The van der Waals surface area contributed by atoms with E-state index in [0.717, 1.165) is 60.9 Å². The topological polar surface area (TPSA) is 57.6 Å². The highest BCUT2D eigenvalue weighted by molar-refractivity contribution is 7.91. The van der Waals surface area contributed by atoms with Crippen molar-refractivity contribution >= 4 is 15.5 Å². The molecule has 4 nitrogen and oxygen atoms in total. The summed E-state index contributed by atoms with van der Waals surface area (Å²) in [7, 11) is 0.360. The Morgan fingerprint density at radius 3 is 2.25 bits per heavy atom. The highest BCUT2D eigenvalue weighted by Crippen LogP contribution is 2.50. The molecule has 0 saturated heterocycles. The predicted octanol–water partition coefficient (Wildman–Crippen LogP) is 5.71. The van der Waals surface area contributed by atoms with E-state index < -0.39 is 21.4 Å². The molecule has 32 heavy (non-hydrogen) atoms. The van der Waals surface area contributed by atoms with Gasteiger partial charge in [-0.15, -0.1) is 0 Å². The first-order valence-corrected chi connectivity index (χ1v) is 13.6. The van der Waals surface area contributed by atoms with Gasteiger partial charge in [-0.3, -0.25) is 0 Å². The van der Waals surface area contributed by atoms with Gasteiger partial charge >= 0.3 is 0 Å². The summed E-state index contributed by atoms with van der Waals surface area (Å²) in [6.07, 6.45) is 4.46. The van der Waals surface area contributed by atoms with Gasteiger partial charge in [0.1, 0.15) is 0 Å². The van der Waals surface area contributed by atoms with Crippen LogP contribution >= 0.6 is 0 Å². The number of benzene rings is 2. The molecule has 0 radical (unpaired) electrons. The van der Waals surface area contributed by atoms with Crippen molar-refractivity contribution < 1.29 is 13.5 Å². The van der Waals surface area contributed by atoms with Gasteiger partial charge in [-0.05, 0) is 49.1 Å². The Labute approximate surface area is 194 Å². The molecule has 176 valence electrons. The summed E-state index contributed by atoms with van der Waals surface area (Å²) < 4.78 is 27.6. The molecule has 0 bridgehead atoms. The smallest absolute Gasteiger partial charge is 0.179 e. The fourth-order valence-corrected chi connectivity index (χ4v) is 7.45. The molecule has 0 aromatic heterocycles. The molecule has 2 aromatic rings. The molecule has 1 aliphatic rings. The molecule has 5 heteroatoms. The van der Waals surface area contributed by atoms with Crippen LogP contribution in [0.1, 0.15) is 75.0 Å². The fraction of sp³-hybridized carbons (Fsp3) is 0.556.